The number of fused-ring (bicyclic) bond motifs is 1. The van der Waals surface area contributed by atoms with Crippen LogP contribution in [-0.2, 0) is 6.42 Å². The largest absolute Gasteiger partial charge is 0.495 e. The highest BCUT2D eigenvalue weighted by molar-refractivity contribution is 5.64. The van der Waals surface area contributed by atoms with Gasteiger partial charge in [0.05, 0.1) is 12.8 Å². The van der Waals surface area contributed by atoms with Gasteiger partial charge in [0.1, 0.15) is 5.75 Å². The summed E-state index contributed by atoms with van der Waals surface area (Å²) in [4.78, 5) is 0. The monoisotopic (exact) mass is 232 g/mol. The first-order valence-electron chi connectivity index (χ1n) is 6.52. The zero-order chi connectivity index (χ0) is 11.7. The summed E-state index contributed by atoms with van der Waals surface area (Å²) in [7, 11) is 1.74. The molecule has 3 heteroatoms. The van der Waals surface area contributed by atoms with Crippen molar-refractivity contribution in [2.75, 3.05) is 19.0 Å². The lowest BCUT2D eigenvalue weighted by molar-refractivity contribution is 0.413. The molecule has 1 unspecified atom stereocenters. The molecule has 1 aromatic carbocycles. The fourth-order valence-electron chi connectivity index (χ4n) is 2.47. The van der Waals surface area contributed by atoms with Crippen molar-refractivity contribution in [3.8, 4) is 5.75 Å². The number of hydrogen-bond acceptors (Lipinski definition) is 3. The standard InChI is InChI=1S/C14H20N2O/c1-17-13-4-2-3-10-5-6-12(16-14(10)13)9-15-11-7-8-11/h2-4,11-12,15-16H,5-9H2,1H3. The third-order valence-electron chi connectivity index (χ3n) is 3.67. The molecular formula is C14H20N2O. The van der Waals surface area contributed by atoms with Crippen LogP contribution < -0.4 is 15.4 Å². The Labute approximate surface area is 103 Å². The fourth-order valence-corrected chi connectivity index (χ4v) is 2.47. The molecule has 2 aliphatic rings. The average molecular weight is 232 g/mol. The minimum absolute atomic E-state index is 0.541. The molecule has 1 fully saturated rings. The van der Waals surface area contributed by atoms with Crippen molar-refractivity contribution in [3.63, 3.8) is 0 Å². The van der Waals surface area contributed by atoms with E-state index in [2.05, 4.69) is 22.8 Å². The SMILES string of the molecule is COc1cccc2c1NC(CNC1CC1)CC2. The first kappa shape index (κ1) is 10.9. The summed E-state index contributed by atoms with van der Waals surface area (Å²) < 4.78 is 5.42. The van der Waals surface area contributed by atoms with Crippen LogP contribution in [0.5, 0.6) is 5.75 Å². The third kappa shape index (κ3) is 2.39. The zero-order valence-corrected chi connectivity index (χ0v) is 10.3. The molecule has 0 amide bonds. The van der Waals surface area contributed by atoms with Gasteiger partial charge in [-0.1, -0.05) is 12.1 Å². The maximum atomic E-state index is 5.42. The molecule has 0 spiro atoms. The second-order valence-electron chi connectivity index (χ2n) is 5.06. The summed E-state index contributed by atoms with van der Waals surface area (Å²) in [5, 5.41) is 7.20. The topological polar surface area (TPSA) is 33.3 Å². The number of para-hydroxylation sites is 1. The van der Waals surface area contributed by atoms with Gasteiger partial charge in [-0.2, -0.15) is 0 Å². The van der Waals surface area contributed by atoms with Gasteiger partial charge < -0.3 is 15.4 Å². The number of methoxy groups -OCH3 is 1. The molecule has 0 aromatic heterocycles. The van der Waals surface area contributed by atoms with Gasteiger partial charge in [-0.25, -0.2) is 0 Å². The Morgan fingerprint density at radius 1 is 1.35 bits per heavy atom. The molecule has 1 aliphatic carbocycles. The molecule has 0 saturated heterocycles. The summed E-state index contributed by atoms with van der Waals surface area (Å²) in [6, 6.07) is 7.62. The van der Waals surface area contributed by atoms with Crippen LogP contribution in [0.1, 0.15) is 24.8 Å². The minimum atomic E-state index is 0.541. The molecule has 1 atom stereocenters. The Hall–Kier alpha value is -1.22. The van der Waals surface area contributed by atoms with E-state index in [0.717, 1.165) is 24.8 Å². The number of ether oxygens (including phenoxy) is 1. The predicted molar refractivity (Wildman–Crippen MR) is 69.8 cm³/mol. The molecule has 0 radical (unpaired) electrons. The van der Waals surface area contributed by atoms with E-state index in [9.17, 15) is 0 Å². The van der Waals surface area contributed by atoms with Gasteiger partial charge in [0.25, 0.3) is 0 Å². The van der Waals surface area contributed by atoms with Crippen molar-refractivity contribution >= 4 is 5.69 Å². The van der Waals surface area contributed by atoms with E-state index in [1.165, 1.54) is 30.5 Å². The van der Waals surface area contributed by atoms with E-state index in [0.29, 0.717) is 6.04 Å². The fraction of sp³-hybridized carbons (Fsp3) is 0.571. The van der Waals surface area contributed by atoms with Crippen LogP contribution in [0, 0.1) is 0 Å². The molecule has 92 valence electrons. The highest BCUT2D eigenvalue weighted by Crippen LogP contribution is 2.33. The molecule has 0 bridgehead atoms. The van der Waals surface area contributed by atoms with Crippen LogP contribution in [-0.4, -0.2) is 25.7 Å². The number of rotatable bonds is 4. The third-order valence-corrected chi connectivity index (χ3v) is 3.67. The summed E-state index contributed by atoms with van der Waals surface area (Å²) in [5.74, 6) is 0.971. The molecule has 3 nitrogen and oxygen atoms in total. The van der Waals surface area contributed by atoms with Crippen molar-refractivity contribution in [1.29, 1.82) is 0 Å². The number of hydrogen-bond donors (Lipinski definition) is 2. The van der Waals surface area contributed by atoms with Gasteiger partial charge in [0.2, 0.25) is 0 Å². The Balaban J connectivity index is 1.69. The number of aryl methyl sites for hydroxylation is 1. The van der Waals surface area contributed by atoms with Crippen molar-refractivity contribution in [2.45, 2.75) is 37.8 Å². The number of nitrogens with one attached hydrogen (secondary N) is 2. The van der Waals surface area contributed by atoms with E-state index in [-0.39, 0.29) is 0 Å². The highest BCUT2D eigenvalue weighted by Gasteiger charge is 2.24. The van der Waals surface area contributed by atoms with E-state index < -0.39 is 0 Å². The second-order valence-corrected chi connectivity index (χ2v) is 5.06. The van der Waals surface area contributed by atoms with Crippen LogP contribution in [0.15, 0.2) is 18.2 Å². The summed E-state index contributed by atoms with van der Waals surface area (Å²) in [5.41, 5.74) is 2.58. The Morgan fingerprint density at radius 3 is 3.00 bits per heavy atom. The van der Waals surface area contributed by atoms with Crippen LogP contribution in [0.4, 0.5) is 5.69 Å². The van der Waals surface area contributed by atoms with Gasteiger partial charge in [0.15, 0.2) is 0 Å². The molecule has 1 aromatic rings. The van der Waals surface area contributed by atoms with Crippen LogP contribution >= 0.6 is 0 Å². The van der Waals surface area contributed by atoms with E-state index in [1.807, 2.05) is 6.07 Å². The Kier molecular flexibility index (Phi) is 2.93. The molecule has 17 heavy (non-hydrogen) atoms. The second kappa shape index (κ2) is 4.57. The average Bonchev–Trinajstić information content (AvgIpc) is 3.19. The van der Waals surface area contributed by atoms with Crippen molar-refractivity contribution in [1.82, 2.24) is 5.32 Å². The lowest BCUT2D eigenvalue weighted by atomic mass is 9.97. The molecular weight excluding hydrogens is 212 g/mol. The van der Waals surface area contributed by atoms with Crippen LogP contribution in [0.25, 0.3) is 0 Å². The minimum Gasteiger partial charge on any atom is -0.495 e. The lowest BCUT2D eigenvalue weighted by Crippen LogP contribution is -2.36. The maximum Gasteiger partial charge on any atom is 0.142 e. The normalized spacial score (nSPS) is 22.8. The highest BCUT2D eigenvalue weighted by atomic mass is 16.5. The van der Waals surface area contributed by atoms with Crippen molar-refractivity contribution in [2.24, 2.45) is 0 Å². The number of anilines is 1. The van der Waals surface area contributed by atoms with Crippen LogP contribution in [0.3, 0.4) is 0 Å². The molecule has 1 saturated carbocycles. The Bertz CT molecular complexity index is 387. The first-order valence-corrected chi connectivity index (χ1v) is 6.52. The summed E-state index contributed by atoms with van der Waals surface area (Å²) >= 11 is 0. The van der Waals surface area contributed by atoms with Gasteiger partial charge >= 0.3 is 0 Å². The zero-order valence-electron chi connectivity index (χ0n) is 10.3. The lowest BCUT2D eigenvalue weighted by Gasteiger charge is -2.28. The van der Waals surface area contributed by atoms with E-state index in [1.54, 1.807) is 7.11 Å². The van der Waals surface area contributed by atoms with Gasteiger partial charge in [-0.3, -0.25) is 0 Å². The molecule has 1 aliphatic heterocycles. The number of benzene rings is 1. The van der Waals surface area contributed by atoms with E-state index in [4.69, 9.17) is 4.74 Å². The maximum absolute atomic E-state index is 5.42. The summed E-state index contributed by atoms with van der Waals surface area (Å²) in [6.45, 7) is 1.07. The van der Waals surface area contributed by atoms with Gasteiger partial charge in [-0.15, -0.1) is 0 Å². The predicted octanol–water partition coefficient (Wildman–Crippen LogP) is 2.17. The van der Waals surface area contributed by atoms with Gasteiger partial charge in [0, 0.05) is 18.6 Å². The van der Waals surface area contributed by atoms with Crippen molar-refractivity contribution in [3.05, 3.63) is 23.8 Å². The van der Waals surface area contributed by atoms with Gasteiger partial charge in [-0.05, 0) is 37.3 Å². The quantitative estimate of drug-likeness (QED) is 0.834. The smallest absolute Gasteiger partial charge is 0.142 e. The Morgan fingerprint density at radius 2 is 2.24 bits per heavy atom. The van der Waals surface area contributed by atoms with E-state index >= 15 is 0 Å². The molecule has 3 rings (SSSR count). The van der Waals surface area contributed by atoms with Crippen molar-refractivity contribution < 1.29 is 4.74 Å². The summed E-state index contributed by atoms with van der Waals surface area (Å²) in [6.07, 6.45) is 5.07. The molecule has 1 heterocycles. The van der Waals surface area contributed by atoms with Crippen LogP contribution in [0.2, 0.25) is 0 Å². The first-order chi connectivity index (χ1) is 8.36. The molecule has 2 N–H and O–H groups in total.